The molecule has 0 aliphatic rings. The van der Waals surface area contributed by atoms with E-state index in [1.807, 2.05) is 26.8 Å². The quantitative estimate of drug-likeness (QED) is 0.642. The summed E-state index contributed by atoms with van der Waals surface area (Å²) in [5.74, 6) is -2.22. The molecule has 0 fully saturated rings. The Balaban J connectivity index is 1.88. The molecule has 5 nitrogen and oxygen atoms in total. The third-order valence-corrected chi connectivity index (χ3v) is 4.64. The van der Waals surface area contributed by atoms with Gasteiger partial charge in [0.1, 0.15) is 5.82 Å². The summed E-state index contributed by atoms with van der Waals surface area (Å²) >= 11 is 0. The number of aliphatic carboxylic acids is 1. The first kappa shape index (κ1) is 18.6. The van der Waals surface area contributed by atoms with Crippen LogP contribution in [0.25, 0.3) is 10.9 Å². The van der Waals surface area contributed by atoms with Crippen LogP contribution in [-0.2, 0) is 16.0 Å². The minimum Gasteiger partial charge on any atom is -0.479 e. The molecule has 0 spiro atoms. The number of H-pyrrole nitrogens is 1. The molecule has 0 saturated heterocycles. The summed E-state index contributed by atoms with van der Waals surface area (Å²) < 4.78 is 13.4. The zero-order valence-corrected chi connectivity index (χ0v) is 15.4. The van der Waals surface area contributed by atoms with E-state index in [0.29, 0.717) is 0 Å². The van der Waals surface area contributed by atoms with Crippen molar-refractivity contribution in [3.8, 4) is 0 Å². The highest BCUT2D eigenvalue weighted by atomic mass is 19.1. The molecule has 1 atom stereocenters. The second kappa shape index (κ2) is 7.23. The molecule has 3 rings (SSSR count). The van der Waals surface area contributed by atoms with E-state index in [1.54, 1.807) is 0 Å². The fraction of sp³-hybridized carbons (Fsp3) is 0.238. The number of carbonyl (C=O) groups excluding carboxylic acids is 1. The van der Waals surface area contributed by atoms with E-state index in [-0.39, 0.29) is 12.0 Å². The minimum absolute atomic E-state index is 0.0355. The molecule has 0 aliphatic heterocycles. The number of amides is 1. The van der Waals surface area contributed by atoms with Gasteiger partial charge in [-0.25, -0.2) is 9.18 Å². The molecule has 0 aliphatic carbocycles. The Hall–Kier alpha value is -3.15. The van der Waals surface area contributed by atoms with Crippen LogP contribution in [0, 0.1) is 26.6 Å². The van der Waals surface area contributed by atoms with E-state index in [1.165, 1.54) is 18.2 Å². The van der Waals surface area contributed by atoms with E-state index in [9.17, 15) is 19.1 Å². The zero-order valence-electron chi connectivity index (χ0n) is 15.4. The minimum atomic E-state index is -1.30. The van der Waals surface area contributed by atoms with Crippen LogP contribution in [-0.4, -0.2) is 22.0 Å². The van der Waals surface area contributed by atoms with E-state index in [2.05, 4.69) is 16.4 Å². The SMILES string of the molecule is Cc1cc(C)c2[nH]c(C)c(CC(=O)N[C@H](C(=O)O)c3cccc(F)c3)c2c1. The summed E-state index contributed by atoms with van der Waals surface area (Å²) in [4.78, 5) is 27.4. The van der Waals surface area contributed by atoms with Gasteiger partial charge >= 0.3 is 5.97 Å². The highest BCUT2D eigenvalue weighted by molar-refractivity contribution is 5.93. The van der Waals surface area contributed by atoms with Crippen LogP contribution in [0.2, 0.25) is 0 Å². The molecule has 0 unspecified atom stereocenters. The van der Waals surface area contributed by atoms with Crippen LogP contribution in [0.1, 0.15) is 34.0 Å². The number of aromatic amines is 1. The monoisotopic (exact) mass is 368 g/mol. The highest BCUT2D eigenvalue weighted by Crippen LogP contribution is 2.27. The number of carbonyl (C=O) groups is 2. The van der Waals surface area contributed by atoms with E-state index in [4.69, 9.17) is 0 Å². The van der Waals surface area contributed by atoms with Gasteiger partial charge in [-0.15, -0.1) is 0 Å². The van der Waals surface area contributed by atoms with Crippen molar-refractivity contribution in [1.82, 2.24) is 10.3 Å². The van der Waals surface area contributed by atoms with Gasteiger partial charge in [0.05, 0.1) is 6.42 Å². The summed E-state index contributed by atoms with van der Waals surface area (Å²) in [6, 6.07) is 8.01. The first-order valence-electron chi connectivity index (χ1n) is 8.62. The van der Waals surface area contributed by atoms with Gasteiger partial charge in [-0.05, 0) is 55.7 Å². The van der Waals surface area contributed by atoms with Crippen LogP contribution >= 0.6 is 0 Å². The first-order valence-corrected chi connectivity index (χ1v) is 8.62. The van der Waals surface area contributed by atoms with Gasteiger partial charge in [0.2, 0.25) is 5.91 Å². The molecule has 3 aromatic rings. The zero-order chi connectivity index (χ0) is 19.7. The number of carboxylic acids is 1. The molecule has 1 heterocycles. The lowest BCUT2D eigenvalue weighted by atomic mass is 10.0. The number of aryl methyl sites for hydroxylation is 3. The molecule has 2 aromatic carbocycles. The maximum atomic E-state index is 13.4. The Morgan fingerprint density at radius 1 is 1.19 bits per heavy atom. The average Bonchev–Trinajstić information content (AvgIpc) is 2.89. The Bertz CT molecular complexity index is 1040. The maximum absolute atomic E-state index is 13.4. The van der Waals surface area contributed by atoms with E-state index >= 15 is 0 Å². The molecule has 0 bridgehead atoms. The number of aromatic nitrogens is 1. The Labute approximate surface area is 156 Å². The van der Waals surface area contributed by atoms with Crippen LogP contribution in [0.4, 0.5) is 4.39 Å². The van der Waals surface area contributed by atoms with Gasteiger partial charge in [-0.3, -0.25) is 4.79 Å². The largest absolute Gasteiger partial charge is 0.479 e. The number of nitrogens with one attached hydrogen (secondary N) is 2. The molecular weight excluding hydrogens is 347 g/mol. The predicted octanol–water partition coefficient (Wildman–Crippen LogP) is 3.72. The standard InChI is InChI=1S/C21H21FN2O3/c1-11-7-12(2)19-17(8-11)16(13(3)23-19)10-18(25)24-20(21(26)27)14-5-4-6-15(22)9-14/h4-9,20,23H,10H2,1-3H3,(H,24,25)(H,26,27)/t20-/m0/s1. The molecular formula is C21H21FN2O3. The lowest BCUT2D eigenvalue weighted by Gasteiger charge is -2.15. The second-order valence-electron chi connectivity index (χ2n) is 6.80. The number of hydrogen-bond donors (Lipinski definition) is 3. The van der Waals surface area contributed by atoms with Crippen molar-refractivity contribution < 1.29 is 19.1 Å². The second-order valence-corrected chi connectivity index (χ2v) is 6.80. The lowest BCUT2D eigenvalue weighted by Crippen LogP contribution is -2.34. The average molecular weight is 368 g/mol. The topological polar surface area (TPSA) is 82.2 Å². The summed E-state index contributed by atoms with van der Waals surface area (Å²) in [5, 5.41) is 12.9. The van der Waals surface area contributed by atoms with Crippen LogP contribution in [0.15, 0.2) is 36.4 Å². The van der Waals surface area contributed by atoms with Gasteiger partial charge in [-0.1, -0.05) is 23.8 Å². The van der Waals surface area contributed by atoms with E-state index in [0.717, 1.165) is 39.4 Å². The molecule has 0 radical (unpaired) electrons. The summed E-state index contributed by atoms with van der Waals surface area (Å²) in [6.45, 7) is 5.88. The van der Waals surface area contributed by atoms with Gasteiger partial charge in [0, 0.05) is 16.6 Å². The molecule has 140 valence electrons. The van der Waals surface area contributed by atoms with Gasteiger partial charge in [-0.2, -0.15) is 0 Å². The van der Waals surface area contributed by atoms with Crippen molar-refractivity contribution in [3.63, 3.8) is 0 Å². The van der Waals surface area contributed by atoms with Crippen molar-refractivity contribution >= 4 is 22.8 Å². The van der Waals surface area contributed by atoms with Crippen LogP contribution < -0.4 is 5.32 Å². The number of halogens is 1. The maximum Gasteiger partial charge on any atom is 0.330 e. The Kier molecular flexibility index (Phi) is 4.99. The predicted molar refractivity (Wildman–Crippen MR) is 101 cm³/mol. The third-order valence-electron chi connectivity index (χ3n) is 4.64. The molecule has 1 amide bonds. The fourth-order valence-electron chi connectivity index (χ4n) is 3.41. The number of benzene rings is 2. The smallest absolute Gasteiger partial charge is 0.330 e. The molecule has 0 saturated carbocycles. The van der Waals surface area contributed by atoms with E-state index < -0.39 is 23.7 Å². The molecule has 6 heteroatoms. The Morgan fingerprint density at radius 2 is 1.93 bits per heavy atom. The molecule has 1 aromatic heterocycles. The lowest BCUT2D eigenvalue weighted by molar-refractivity contribution is -0.141. The van der Waals surface area contributed by atoms with Gasteiger partial charge in [0.15, 0.2) is 6.04 Å². The van der Waals surface area contributed by atoms with Gasteiger partial charge < -0.3 is 15.4 Å². The molecule has 27 heavy (non-hydrogen) atoms. The third kappa shape index (κ3) is 3.84. The summed E-state index contributed by atoms with van der Waals surface area (Å²) in [5.41, 5.74) is 5.04. The number of hydrogen-bond acceptors (Lipinski definition) is 2. The number of carboxylic acid groups (broad SMARTS) is 1. The number of fused-ring (bicyclic) bond motifs is 1. The highest BCUT2D eigenvalue weighted by Gasteiger charge is 2.23. The van der Waals surface area contributed by atoms with Crippen molar-refractivity contribution in [2.24, 2.45) is 0 Å². The summed E-state index contributed by atoms with van der Waals surface area (Å²) in [7, 11) is 0. The first-order chi connectivity index (χ1) is 12.8. The Morgan fingerprint density at radius 3 is 2.59 bits per heavy atom. The van der Waals surface area contributed by atoms with Gasteiger partial charge in [0.25, 0.3) is 0 Å². The van der Waals surface area contributed by atoms with Crippen molar-refractivity contribution in [2.75, 3.05) is 0 Å². The van der Waals surface area contributed by atoms with Crippen LogP contribution in [0.3, 0.4) is 0 Å². The number of rotatable bonds is 5. The molecule has 3 N–H and O–H groups in total. The fourth-order valence-corrected chi connectivity index (χ4v) is 3.41. The van der Waals surface area contributed by atoms with Crippen LogP contribution in [0.5, 0.6) is 0 Å². The van der Waals surface area contributed by atoms with Crippen molar-refractivity contribution in [1.29, 1.82) is 0 Å². The normalized spacial score (nSPS) is 12.1. The van der Waals surface area contributed by atoms with Crippen molar-refractivity contribution in [2.45, 2.75) is 33.2 Å². The summed E-state index contributed by atoms with van der Waals surface area (Å²) in [6.07, 6.45) is 0.0355. The van der Waals surface area contributed by atoms with Crippen molar-refractivity contribution in [3.05, 3.63) is 70.2 Å².